The second-order valence-electron chi connectivity index (χ2n) is 6.40. The normalized spacial score (nSPS) is 10.8. The average Bonchev–Trinajstić information content (AvgIpc) is 3.01. The summed E-state index contributed by atoms with van der Waals surface area (Å²) in [6, 6.07) is 16.1. The molecule has 5 heteroatoms. The predicted octanol–water partition coefficient (Wildman–Crippen LogP) is 4.59. The predicted molar refractivity (Wildman–Crippen MR) is 104 cm³/mol. The maximum atomic E-state index is 5.77. The molecule has 0 fully saturated rings. The third kappa shape index (κ3) is 3.99. The van der Waals surface area contributed by atoms with Gasteiger partial charge < -0.3 is 14.8 Å². The van der Waals surface area contributed by atoms with Crippen LogP contribution in [-0.2, 0) is 6.54 Å². The topological polar surface area (TPSA) is 48.3 Å². The fraction of sp³-hybridized carbons (Fsp3) is 0.286. The summed E-state index contributed by atoms with van der Waals surface area (Å²) in [5.74, 6) is 1.51. The van der Waals surface area contributed by atoms with Crippen LogP contribution in [0.3, 0.4) is 0 Å². The Kier molecular flexibility index (Phi) is 5.46. The number of para-hydroxylation sites is 1. The number of rotatable bonds is 7. The van der Waals surface area contributed by atoms with E-state index in [4.69, 9.17) is 9.47 Å². The third-order valence-electron chi connectivity index (χ3n) is 4.08. The molecule has 26 heavy (non-hydrogen) atoms. The maximum absolute atomic E-state index is 5.77. The zero-order valence-corrected chi connectivity index (χ0v) is 15.7. The van der Waals surface area contributed by atoms with E-state index in [0.717, 1.165) is 34.1 Å². The number of aromatic nitrogens is 2. The van der Waals surface area contributed by atoms with Gasteiger partial charge in [-0.2, -0.15) is 5.10 Å². The summed E-state index contributed by atoms with van der Waals surface area (Å²) in [6.45, 7) is 6.74. The van der Waals surface area contributed by atoms with Gasteiger partial charge in [-0.25, -0.2) is 4.68 Å². The van der Waals surface area contributed by atoms with Crippen LogP contribution in [0.5, 0.6) is 11.5 Å². The third-order valence-corrected chi connectivity index (χ3v) is 4.08. The smallest absolute Gasteiger partial charge is 0.161 e. The molecule has 5 nitrogen and oxygen atoms in total. The van der Waals surface area contributed by atoms with Crippen molar-refractivity contribution in [3.8, 4) is 17.2 Å². The number of nitrogens with zero attached hydrogens (tertiary/aromatic N) is 2. The summed E-state index contributed by atoms with van der Waals surface area (Å²) in [4.78, 5) is 0. The molecule has 1 aromatic heterocycles. The van der Waals surface area contributed by atoms with Crippen molar-refractivity contribution >= 4 is 5.69 Å². The van der Waals surface area contributed by atoms with Crippen LogP contribution in [0.25, 0.3) is 5.69 Å². The molecule has 0 spiro atoms. The lowest BCUT2D eigenvalue weighted by molar-refractivity contribution is 0.230. The summed E-state index contributed by atoms with van der Waals surface area (Å²) < 4.78 is 13.2. The highest BCUT2D eigenvalue weighted by Gasteiger charge is 2.10. The number of hydrogen-bond acceptors (Lipinski definition) is 4. The van der Waals surface area contributed by atoms with Crippen LogP contribution in [0.1, 0.15) is 25.1 Å². The van der Waals surface area contributed by atoms with E-state index in [1.165, 1.54) is 0 Å². The molecule has 3 aromatic rings. The van der Waals surface area contributed by atoms with Crippen LogP contribution in [0.15, 0.2) is 54.7 Å². The standard InChI is InChI=1S/C21H25N3O2/c1-15(2)26-20-11-10-17(12-21(20)25-4)13-22-19-14-23-24(16(19)3)18-8-6-5-7-9-18/h5-12,14-15,22H,13H2,1-4H3. The number of ether oxygens (including phenoxy) is 2. The summed E-state index contributed by atoms with van der Waals surface area (Å²) in [7, 11) is 1.66. The molecule has 3 rings (SSSR count). The molecule has 2 aromatic carbocycles. The van der Waals surface area contributed by atoms with Crippen molar-refractivity contribution in [2.24, 2.45) is 0 Å². The maximum Gasteiger partial charge on any atom is 0.161 e. The number of methoxy groups -OCH3 is 1. The molecule has 0 aliphatic heterocycles. The first-order valence-corrected chi connectivity index (χ1v) is 8.76. The van der Waals surface area contributed by atoms with Crippen LogP contribution >= 0.6 is 0 Å². The second-order valence-corrected chi connectivity index (χ2v) is 6.40. The summed E-state index contributed by atoms with van der Waals surface area (Å²) in [6.07, 6.45) is 1.97. The molecule has 0 aliphatic rings. The minimum atomic E-state index is 0.111. The second kappa shape index (κ2) is 7.95. The van der Waals surface area contributed by atoms with Crippen LogP contribution in [0.4, 0.5) is 5.69 Å². The van der Waals surface area contributed by atoms with Crippen LogP contribution < -0.4 is 14.8 Å². The Bertz CT molecular complexity index is 857. The lowest BCUT2D eigenvalue weighted by Crippen LogP contribution is -2.07. The van der Waals surface area contributed by atoms with Gasteiger partial charge in [-0.15, -0.1) is 0 Å². The molecule has 0 amide bonds. The van der Waals surface area contributed by atoms with Gasteiger partial charge in [0, 0.05) is 6.54 Å². The fourth-order valence-corrected chi connectivity index (χ4v) is 2.78. The first-order chi connectivity index (χ1) is 12.6. The van der Waals surface area contributed by atoms with E-state index in [1.54, 1.807) is 7.11 Å². The van der Waals surface area contributed by atoms with Gasteiger partial charge in [0.25, 0.3) is 0 Å². The van der Waals surface area contributed by atoms with E-state index in [9.17, 15) is 0 Å². The van der Waals surface area contributed by atoms with Crippen molar-refractivity contribution in [2.75, 3.05) is 12.4 Å². The van der Waals surface area contributed by atoms with Crippen molar-refractivity contribution in [1.82, 2.24) is 9.78 Å². The summed E-state index contributed by atoms with van der Waals surface area (Å²) >= 11 is 0. The summed E-state index contributed by atoms with van der Waals surface area (Å²) in [5, 5.41) is 7.94. The molecule has 1 N–H and O–H groups in total. The molecular formula is C21H25N3O2. The van der Waals surface area contributed by atoms with Crippen molar-refractivity contribution in [2.45, 2.75) is 33.4 Å². The van der Waals surface area contributed by atoms with E-state index in [1.807, 2.05) is 73.3 Å². The largest absolute Gasteiger partial charge is 0.493 e. The van der Waals surface area contributed by atoms with Crippen LogP contribution in [0.2, 0.25) is 0 Å². The molecule has 0 bridgehead atoms. The van der Waals surface area contributed by atoms with Crippen LogP contribution in [-0.4, -0.2) is 23.0 Å². The lowest BCUT2D eigenvalue weighted by Gasteiger charge is -2.15. The highest BCUT2D eigenvalue weighted by Crippen LogP contribution is 2.29. The quantitative estimate of drug-likeness (QED) is 0.676. The van der Waals surface area contributed by atoms with E-state index < -0.39 is 0 Å². The van der Waals surface area contributed by atoms with Crippen molar-refractivity contribution in [3.63, 3.8) is 0 Å². The van der Waals surface area contributed by atoms with Crippen LogP contribution in [0, 0.1) is 6.92 Å². The molecule has 0 atom stereocenters. The first-order valence-electron chi connectivity index (χ1n) is 8.76. The highest BCUT2D eigenvalue weighted by molar-refractivity contribution is 5.51. The molecule has 0 saturated heterocycles. The SMILES string of the molecule is COc1cc(CNc2cnn(-c3ccccc3)c2C)ccc1OC(C)C. The Morgan fingerprint density at radius 1 is 1.08 bits per heavy atom. The molecule has 0 saturated carbocycles. The van der Waals surface area contributed by atoms with Gasteiger partial charge in [-0.3, -0.25) is 0 Å². The van der Waals surface area contributed by atoms with E-state index in [-0.39, 0.29) is 6.10 Å². The highest BCUT2D eigenvalue weighted by atomic mass is 16.5. The van der Waals surface area contributed by atoms with Gasteiger partial charge in [0.15, 0.2) is 11.5 Å². The average molecular weight is 351 g/mol. The molecular weight excluding hydrogens is 326 g/mol. The van der Waals surface area contributed by atoms with Gasteiger partial charge >= 0.3 is 0 Å². The summed E-state index contributed by atoms with van der Waals surface area (Å²) in [5.41, 5.74) is 4.25. The van der Waals surface area contributed by atoms with Gasteiger partial charge in [0.05, 0.1) is 36.5 Å². The molecule has 1 heterocycles. The van der Waals surface area contributed by atoms with Crippen molar-refractivity contribution < 1.29 is 9.47 Å². The molecule has 136 valence electrons. The molecule has 0 radical (unpaired) electrons. The minimum Gasteiger partial charge on any atom is -0.493 e. The van der Waals surface area contributed by atoms with Crippen molar-refractivity contribution in [1.29, 1.82) is 0 Å². The van der Waals surface area contributed by atoms with Gasteiger partial charge in [0.1, 0.15) is 0 Å². The number of hydrogen-bond donors (Lipinski definition) is 1. The zero-order valence-electron chi connectivity index (χ0n) is 15.7. The van der Waals surface area contributed by atoms with Crippen molar-refractivity contribution in [3.05, 3.63) is 66.0 Å². The van der Waals surface area contributed by atoms with E-state index in [2.05, 4.69) is 17.3 Å². The number of nitrogens with one attached hydrogen (secondary N) is 1. The fourth-order valence-electron chi connectivity index (χ4n) is 2.78. The van der Waals surface area contributed by atoms with Gasteiger partial charge in [0.2, 0.25) is 0 Å². The Balaban J connectivity index is 1.72. The van der Waals surface area contributed by atoms with E-state index in [0.29, 0.717) is 6.54 Å². The Morgan fingerprint density at radius 3 is 2.54 bits per heavy atom. The Labute approximate surface area is 154 Å². The monoisotopic (exact) mass is 351 g/mol. The lowest BCUT2D eigenvalue weighted by atomic mass is 10.2. The Morgan fingerprint density at radius 2 is 1.85 bits per heavy atom. The van der Waals surface area contributed by atoms with E-state index >= 15 is 0 Å². The minimum absolute atomic E-state index is 0.111. The van der Waals surface area contributed by atoms with Gasteiger partial charge in [-0.05, 0) is 50.6 Å². The van der Waals surface area contributed by atoms with Gasteiger partial charge in [-0.1, -0.05) is 24.3 Å². The molecule has 0 unspecified atom stereocenters. The number of benzene rings is 2. The number of anilines is 1. The zero-order chi connectivity index (χ0) is 18.5. The molecule has 0 aliphatic carbocycles. The Hall–Kier alpha value is -2.95. The first kappa shape index (κ1) is 17.9.